The van der Waals surface area contributed by atoms with E-state index in [2.05, 4.69) is 10.1 Å². The first-order valence-electron chi connectivity index (χ1n) is 8.82. The summed E-state index contributed by atoms with van der Waals surface area (Å²) in [5.41, 5.74) is 0.151. The van der Waals surface area contributed by atoms with Crippen LogP contribution in [0.2, 0.25) is 0 Å². The fourth-order valence-electron chi connectivity index (χ4n) is 2.92. The van der Waals surface area contributed by atoms with Crippen molar-refractivity contribution in [1.29, 1.82) is 0 Å². The highest BCUT2D eigenvalue weighted by atomic mass is 32.1. The minimum absolute atomic E-state index is 0.0584. The van der Waals surface area contributed by atoms with Crippen LogP contribution in [0.15, 0.2) is 29.8 Å². The van der Waals surface area contributed by atoms with Crippen LogP contribution in [-0.2, 0) is 23.9 Å². The van der Waals surface area contributed by atoms with Gasteiger partial charge in [-0.15, -0.1) is 11.3 Å². The van der Waals surface area contributed by atoms with Gasteiger partial charge in [0.25, 0.3) is 0 Å². The van der Waals surface area contributed by atoms with Gasteiger partial charge < -0.3 is 9.84 Å². The van der Waals surface area contributed by atoms with Crippen LogP contribution in [0.4, 0.5) is 13.2 Å². The second kappa shape index (κ2) is 8.34. The molecular formula is C19H18F3N3O3S. The monoisotopic (exact) mass is 425 g/mol. The van der Waals surface area contributed by atoms with Gasteiger partial charge in [-0.1, -0.05) is 13.0 Å². The molecule has 0 radical (unpaired) electrons. The molecule has 0 atom stereocenters. The fourth-order valence-corrected chi connectivity index (χ4v) is 4.07. The average Bonchev–Trinajstić information content (AvgIpc) is 3.32. The number of nitrogens with zero attached hydrogens (tertiary/aromatic N) is 3. The second-order valence-electron chi connectivity index (χ2n) is 6.00. The molecule has 0 aliphatic rings. The molecule has 29 heavy (non-hydrogen) atoms. The number of rotatable bonds is 6. The van der Waals surface area contributed by atoms with Crippen LogP contribution >= 0.6 is 11.3 Å². The van der Waals surface area contributed by atoms with Gasteiger partial charge in [-0.25, -0.2) is 14.5 Å². The van der Waals surface area contributed by atoms with Crippen LogP contribution in [0.25, 0.3) is 16.4 Å². The zero-order valence-electron chi connectivity index (χ0n) is 15.7. The third-order valence-electron chi connectivity index (χ3n) is 4.24. The zero-order valence-corrected chi connectivity index (χ0v) is 16.5. The molecule has 10 heteroatoms. The Labute approximate surface area is 168 Å². The van der Waals surface area contributed by atoms with Crippen molar-refractivity contribution in [2.24, 2.45) is 0 Å². The van der Waals surface area contributed by atoms with Gasteiger partial charge in [-0.05, 0) is 36.4 Å². The molecule has 0 fully saturated rings. The molecule has 154 valence electrons. The first kappa shape index (κ1) is 21.0. The maximum Gasteiger partial charge on any atom is 0.434 e. The van der Waals surface area contributed by atoms with Gasteiger partial charge in [0.05, 0.1) is 30.0 Å². The summed E-state index contributed by atoms with van der Waals surface area (Å²) >= 11 is 1.36. The molecule has 0 amide bonds. The Morgan fingerprint density at radius 2 is 2.07 bits per heavy atom. The number of aliphatic hydroxyl groups excluding tert-OH is 1. The number of hydrogen-bond acceptors (Lipinski definition) is 6. The predicted octanol–water partition coefficient (Wildman–Crippen LogP) is 4.25. The quantitative estimate of drug-likeness (QED) is 0.598. The van der Waals surface area contributed by atoms with Crippen LogP contribution in [0.1, 0.15) is 41.0 Å². The lowest BCUT2D eigenvalue weighted by atomic mass is 10.1. The van der Waals surface area contributed by atoms with Crippen LogP contribution in [0.3, 0.4) is 0 Å². The third-order valence-corrected chi connectivity index (χ3v) is 5.33. The van der Waals surface area contributed by atoms with Gasteiger partial charge in [0, 0.05) is 5.56 Å². The maximum atomic E-state index is 13.7. The van der Waals surface area contributed by atoms with E-state index in [4.69, 9.17) is 4.74 Å². The molecule has 0 aromatic carbocycles. The van der Waals surface area contributed by atoms with Crippen LogP contribution < -0.4 is 0 Å². The average molecular weight is 425 g/mol. The summed E-state index contributed by atoms with van der Waals surface area (Å²) < 4.78 is 46.4. The highest BCUT2D eigenvalue weighted by molar-refractivity contribution is 7.13. The minimum Gasteiger partial charge on any atom is -0.462 e. The normalized spacial score (nSPS) is 11.7. The number of alkyl halides is 3. The molecule has 1 N–H and O–H groups in total. The summed E-state index contributed by atoms with van der Waals surface area (Å²) in [5, 5.41) is 15.3. The van der Waals surface area contributed by atoms with Gasteiger partial charge in [0.1, 0.15) is 5.56 Å². The highest BCUT2D eigenvalue weighted by Crippen LogP contribution is 2.35. The van der Waals surface area contributed by atoms with Gasteiger partial charge in [-0.2, -0.15) is 18.3 Å². The number of thiophene rings is 1. The molecule has 0 aliphatic carbocycles. The molecule has 3 aromatic heterocycles. The van der Waals surface area contributed by atoms with E-state index in [0.29, 0.717) is 27.2 Å². The Hall–Kier alpha value is -2.72. The Kier molecular flexibility index (Phi) is 6.04. The fraction of sp³-hybridized carbons (Fsp3) is 0.316. The third kappa shape index (κ3) is 4.03. The molecule has 0 aliphatic heterocycles. The summed E-state index contributed by atoms with van der Waals surface area (Å²) in [6.45, 7) is 3.20. The van der Waals surface area contributed by atoms with Crippen LogP contribution in [0, 0.1) is 0 Å². The van der Waals surface area contributed by atoms with Crippen molar-refractivity contribution in [2.45, 2.75) is 33.1 Å². The number of ether oxygens (including phenoxy) is 1. The lowest BCUT2D eigenvalue weighted by molar-refractivity contribution is -0.143. The van der Waals surface area contributed by atoms with Crippen LogP contribution in [0.5, 0.6) is 0 Å². The second-order valence-corrected chi connectivity index (χ2v) is 6.88. The molecular weight excluding hydrogens is 407 g/mol. The van der Waals surface area contributed by atoms with Crippen molar-refractivity contribution in [3.8, 4) is 16.4 Å². The predicted molar refractivity (Wildman–Crippen MR) is 101 cm³/mol. The van der Waals surface area contributed by atoms with Crippen molar-refractivity contribution in [2.75, 3.05) is 6.61 Å². The largest absolute Gasteiger partial charge is 0.462 e. The Morgan fingerprint density at radius 3 is 2.69 bits per heavy atom. The van der Waals surface area contributed by atoms with Crippen LogP contribution in [-0.4, -0.2) is 32.4 Å². The van der Waals surface area contributed by atoms with E-state index in [-0.39, 0.29) is 19.0 Å². The standard InChI is InChI=1S/C19H18F3N3O3S/c1-3-11-10-29-16(13(11)9-26)14-6-5-7-15(24-14)25-17(19(20,21)22)12(8-23-25)18(27)28-4-2/h5-8,10,26H,3-4,9H2,1-2H3. The van der Waals surface area contributed by atoms with Crippen molar-refractivity contribution in [3.63, 3.8) is 0 Å². The number of aromatic nitrogens is 3. The van der Waals surface area contributed by atoms with E-state index in [0.717, 1.165) is 11.8 Å². The van der Waals surface area contributed by atoms with Gasteiger partial charge in [0.2, 0.25) is 0 Å². The van der Waals surface area contributed by atoms with Gasteiger partial charge in [0.15, 0.2) is 11.5 Å². The summed E-state index contributed by atoms with van der Waals surface area (Å²) in [6, 6.07) is 4.57. The Morgan fingerprint density at radius 1 is 1.31 bits per heavy atom. The van der Waals surface area contributed by atoms with Crippen molar-refractivity contribution >= 4 is 17.3 Å². The molecule has 3 aromatic rings. The van der Waals surface area contributed by atoms with Gasteiger partial charge in [-0.3, -0.25) is 0 Å². The van der Waals surface area contributed by atoms with Crippen molar-refractivity contribution in [1.82, 2.24) is 14.8 Å². The first-order valence-corrected chi connectivity index (χ1v) is 9.69. The summed E-state index contributed by atoms with van der Waals surface area (Å²) in [5.74, 6) is -1.20. The van der Waals surface area contributed by atoms with E-state index in [1.165, 1.54) is 24.3 Å². The number of aliphatic hydroxyl groups is 1. The number of esters is 1. The molecule has 0 bridgehead atoms. The summed E-state index contributed by atoms with van der Waals surface area (Å²) in [4.78, 5) is 16.9. The summed E-state index contributed by atoms with van der Waals surface area (Å²) in [7, 11) is 0. The topological polar surface area (TPSA) is 77.2 Å². The van der Waals surface area contributed by atoms with E-state index in [1.54, 1.807) is 12.1 Å². The van der Waals surface area contributed by atoms with E-state index >= 15 is 0 Å². The number of carbonyl (C=O) groups excluding carboxylic acids is 1. The lowest BCUT2D eigenvalue weighted by Crippen LogP contribution is -2.19. The highest BCUT2D eigenvalue weighted by Gasteiger charge is 2.41. The smallest absolute Gasteiger partial charge is 0.434 e. The maximum absolute atomic E-state index is 13.7. The lowest BCUT2D eigenvalue weighted by Gasteiger charge is -2.12. The molecule has 3 rings (SSSR count). The van der Waals surface area contributed by atoms with E-state index in [9.17, 15) is 23.1 Å². The zero-order chi connectivity index (χ0) is 21.2. The number of halogens is 3. The number of carbonyl (C=O) groups is 1. The molecule has 0 spiro atoms. The summed E-state index contributed by atoms with van der Waals surface area (Å²) in [6.07, 6.45) is -3.30. The Bertz CT molecular complexity index is 1030. The molecule has 0 unspecified atom stereocenters. The number of hydrogen-bond donors (Lipinski definition) is 1. The molecule has 0 saturated heterocycles. The minimum atomic E-state index is -4.84. The Balaban J connectivity index is 2.13. The van der Waals surface area contributed by atoms with Gasteiger partial charge >= 0.3 is 12.1 Å². The van der Waals surface area contributed by atoms with Crippen molar-refractivity contribution < 1.29 is 27.8 Å². The number of aryl methyl sites for hydroxylation is 1. The van der Waals surface area contributed by atoms with E-state index in [1.807, 2.05) is 12.3 Å². The number of pyridine rings is 1. The SMILES string of the molecule is CCOC(=O)c1cnn(-c2cccc(-c3scc(CC)c3CO)n2)c1C(F)(F)F. The molecule has 6 nitrogen and oxygen atoms in total. The molecule has 3 heterocycles. The molecule has 0 saturated carbocycles. The van der Waals surface area contributed by atoms with Crippen molar-refractivity contribution in [3.05, 3.63) is 52.2 Å². The first-order chi connectivity index (χ1) is 13.8. The van der Waals surface area contributed by atoms with E-state index < -0.39 is 23.4 Å².